The third-order valence-corrected chi connectivity index (χ3v) is 6.10. The molecule has 34 heavy (non-hydrogen) atoms. The number of methoxy groups -OCH3 is 1. The van der Waals surface area contributed by atoms with Crippen LogP contribution < -0.4 is 16.2 Å². The number of nitrogens with one attached hydrogen (secondary N) is 3. The van der Waals surface area contributed by atoms with Crippen molar-refractivity contribution in [3.63, 3.8) is 0 Å². The van der Waals surface area contributed by atoms with Gasteiger partial charge in [0.15, 0.2) is 0 Å². The predicted octanol–water partition coefficient (Wildman–Crippen LogP) is 4.50. The largest absolute Gasteiger partial charge is 0.381 e. The van der Waals surface area contributed by atoms with Crippen molar-refractivity contribution < 1.29 is 9.53 Å². The molecule has 1 amide bonds. The van der Waals surface area contributed by atoms with Crippen LogP contribution in [-0.2, 0) is 9.53 Å². The lowest BCUT2D eigenvalue weighted by Gasteiger charge is -2.27. The zero-order chi connectivity index (χ0) is 24.1. The van der Waals surface area contributed by atoms with Crippen LogP contribution in [0.5, 0.6) is 0 Å². The highest BCUT2D eigenvalue weighted by Gasteiger charge is 2.27. The number of H-pyrrole nitrogens is 1. The molecule has 0 radical (unpaired) electrons. The number of amides is 1. The summed E-state index contributed by atoms with van der Waals surface area (Å²) in [5.41, 5.74) is 2.81. The molecule has 2 unspecified atom stereocenters. The first-order chi connectivity index (χ1) is 16.5. The fourth-order valence-corrected chi connectivity index (χ4v) is 4.17. The Hall–Kier alpha value is -3.96. The Morgan fingerprint density at radius 2 is 1.82 bits per heavy atom. The van der Waals surface area contributed by atoms with E-state index < -0.39 is 5.56 Å². The van der Waals surface area contributed by atoms with Crippen molar-refractivity contribution in [2.75, 3.05) is 17.7 Å². The zero-order valence-corrected chi connectivity index (χ0v) is 19.2. The summed E-state index contributed by atoms with van der Waals surface area (Å²) in [4.78, 5) is 32.3. The van der Waals surface area contributed by atoms with E-state index >= 15 is 0 Å². The van der Waals surface area contributed by atoms with Crippen molar-refractivity contribution in [1.29, 1.82) is 5.26 Å². The fourth-order valence-electron chi connectivity index (χ4n) is 4.17. The summed E-state index contributed by atoms with van der Waals surface area (Å²) in [6.07, 6.45) is 3.66. The van der Waals surface area contributed by atoms with E-state index in [-0.39, 0.29) is 35.1 Å². The molecule has 2 aromatic carbocycles. The number of carbonyl (C=O) groups excluding carboxylic acids is 1. The number of anilines is 3. The van der Waals surface area contributed by atoms with E-state index in [2.05, 4.69) is 20.6 Å². The highest BCUT2D eigenvalue weighted by atomic mass is 16.5. The molecule has 3 aromatic rings. The number of rotatable bonds is 6. The van der Waals surface area contributed by atoms with E-state index in [1.807, 2.05) is 37.3 Å². The normalized spacial score (nSPS) is 17.6. The zero-order valence-electron chi connectivity index (χ0n) is 19.2. The van der Waals surface area contributed by atoms with Crippen LogP contribution >= 0.6 is 0 Å². The lowest BCUT2D eigenvalue weighted by molar-refractivity contribution is -0.122. The predicted molar refractivity (Wildman–Crippen MR) is 131 cm³/mol. The van der Waals surface area contributed by atoms with Crippen LogP contribution in [0.1, 0.15) is 36.8 Å². The lowest BCUT2D eigenvalue weighted by Crippen LogP contribution is -2.30. The first-order valence-corrected chi connectivity index (χ1v) is 11.3. The average molecular weight is 458 g/mol. The Balaban J connectivity index is 1.53. The summed E-state index contributed by atoms with van der Waals surface area (Å²) in [6.45, 7) is 1.99. The van der Waals surface area contributed by atoms with E-state index in [0.29, 0.717) is 11.3 Å². The molecule has 2 atom stereocenters. The van der Waals surface area contributed by atoms with E-state index in [0.717, 1.165) is 36.9 Å². The van der Waals surface area contributed by atoms with E-state index in [1.54, 1.807) is 31.4 Å². The number of carbonyl (C=O) groups is 1. The molecule has 1 saturated carbocycles. The highest BCUT2D eigenvalue weighted by Crippen LogP contribution is 2.28. The minimum atomic E-state index is -0.524. The molecule has 174 valence electrons. The first kappa shape index (κ1) is 23.2. The molecule has 8 nitrogen and oxygen atoms in total. The summed E-state index contributed by atoms with van der Waals surface area (Å²) >= 11 is 0. The van der Waals surface area contributed by atoms with Gasteiger partial charge in [-0.25, -0.2) is 4.98 Å². The Morgan fingerprint density at radius 1 is 1.12 bits per heavy atom. The van der Waals surface area contributed by atoms with Gasteiger partial charge in [0, 0.05) is 30.0 Å². The van der Waals surface area contributed by atoms with Crippen LogP contribution in [0.2, 0.25) is 0 Å². The SMILES string of the molecule is COC1CCCC(C(=O)Nc2ccc(-c3nc(Nc4ccc(C)cc4)[nH]c(=O)c3C#N)cc2)C1. The van der Waals surface area contributed by atoms with Crippen molar-refractivity contribution in [3.8, 4) is 17.3 Å². The van der Waals surface area contributed by atoms with Gasteiger partial charge in [0.2, 0.25) is 11.9 Å². The van der Waals surface area contributed by atoms with Crippen LogP contribution in [0.15, 0.2) is 53.3 Å². The number of hydrogen-bond acceptors (Lipinski definition) is 6. The second kappa shape index (κ2) is 10.3. The van der Waals surface area contributed by atoms with Crippen molar-refractivity contribution in [1.82, 2.24) is 9.97 Å². The van der Waals surface area contributed by atoms with Crippen LogP contribution in [-0.4, -0.2) is 29.1 Å². The number of aromatic nitrogens is 2. The standard InChI is InChI=1S/C26H27N5O3/c1-16-6-10-20(11-7-16)29-26-30-23(22(15-27)25(33)31-26)17-8-12-19(13-9-17)28-24(32)18-4-3-5-21(14-18)34-2/h6-13,18,21H,3-5,14H2,1-2H3,(H,28,32)(H2,29,30,31,33). The molecular weight excluding hydrogens is 430 g/mol. The van der Waals surface area contributed by atoms with Gasteiger partial charge in [0.25, 0.3) is 5.56 Å². The number of benzene rings is 2. The molecule has 3 N–H and O–H groups in total. The molecular formula is C26H27N5O3. The summed E-state index contributed by atoms with van der Waals surface area (Å²) in [6, 6.07) is 16.6. The average Bonchev–Trinajstić information content (AvgIpc) is 2.85. The van der Waals surface area contributed by atoms with E-state index in [4.69, 9.17) is 4.74 Å². The fraction of sp³-hybridized carbons (Fsp3) is 0.308. The maximum Gasteiger partial charge on any atom is 0.270 e. The number of ether oxygens (including phenoxy) is 1. The smallest absolute Gasteiger partial charge is 0.270 e. The van der Waals surface area contributed by atoms with Gasteiger partial charge < -0.3 is 15.4 Å². The van der Waals surface area contributed by atoms with Crippen molar-refractivity contribution >= 4 is 23.2 Å². The van der Waals surface area contributed by atoms with Crippen molar-refractivity contribution in [3.05, 3.63) is 70.0 Å². The van der Waals surface area contributed by atoms with Crippen LogP contribution in [0.3, 0.4) is 0 Å². The summed E-state index contributed by atoms with van der Waals surface area (Å²) in [5, 5.41) is 15.6. The second-order valence-corrected chi connectivity index (χ2v) is 8.53. The summed E-state index contributed by atoms with van der Waals surface area (Å²) in [5.74, 6) is 0.143. The topological polar surface area (TPSA) is 120 Å². The molecule has 8 heteroatoms. The monoisotopic (exact) mass is 457 g/mol. The molecule has 1 aliphatic carbocycles. The molecule has 1 heterocycles. The minimum Gasteiger partial charge on any atom is -0.381 e. The molecule has 1 aliphatic rings. The molecule has 0 aliphatic heterocycles. The van der Waals surface area contributed by atoms with E-state index in [9.17, 15) is 14.9 Å². The number of hydrogen-bond donors (Lipinski definition) is 3. The molecule has 1 aromatic heterocycles. The Morgan fingerprint density at radius 3 is 2.50 bits per heavy atom. The number of aryl methyl sites for hydroxylation is 1. The van der Waals surface area contributed by atoms with Crippen LogP contribution in [0.4, 0.5) is 17.3 Å². The van der Waals surface area contributed by atoms with Crippen molar-refractivity contribution in [2.45, 2.75) is 38.7 Å². The molecule has 4 rings (SSSR count). The van der Waals surface area contributed by atoms with Crippen molar-refractivity contribution in [2.24, 2.45) is 5.92 Å². The van der Waals surface area contributed by atoms with Gasteiger partial charge in [-0.15, -0.1) is 0 Å². The maximum absolute atomic E-state index is 12.7. The van der Waals surface area contributed by atoms with Gasteiger partial charge in [-0.3, -0.25) is 14.6 Å². The third-order valence-electron chi connectivity index (χ3n) is 6.10. The first-order valence-electron chi connectivity index (χ1n) is 11.3. The quantitative estimate of drug-likeness (QED) is 0.501. The van der Waals surface area contributed by atoms with Gasteiger partial charge >= 0.3 is 0 Å². The number of nitrogens with zero attached hydrogens (tertiary/aromatic N) is 2. The lowest BCUT2D eigenvalue weighted by atomic mass is 9.86. The maximum atomic E-state index is 12.7. The van der Waals surface area contributed by atoms with Crippen LogP contribution in [0, 0.1) is 24.2 Å². The Kier molecular flexibility index (Phi) is 7.04. The number of nitriles is 1. The van der Waals surface area contributed by atoms with E-state index in [1.165, 1.54) is 0 Å². The molecule has 0 spiro atoms. The van der Waals surface area contributed by atoms with Crippen LogP contribution in [0.25, 0.3) is 11.3 Å². The van der Waals surface area contributed by atoms with Gasteiger partial charge in [-0.1, -0.05) is 36.2 Å². The summed E-state index contributed by atoms with van der Waals surface area (Å²) < 4.78 is 5.42. The molecule has 1 fully saturated rings. The third kappa shape index (κ3) is 5.33. The Labute approximate surface area is 198 Å². The highest BCUT2D eigenvalue weighted by molar-refractivity contribution is 5.93. The molecule has 0 bridgehead atoms. The summed E-state index contributed by atoms with van der Waals surface area (Å²) in [7, 11) is 1.68. The van der Waals surface area contributed by atoms with Gasteiger partial charge in [0.1, 0.15) is 11.6 Å². The number of aromatic amines is 1. The van der Waals surface area contributed by atoms with Gasteiger partial charge in [-0.05, 0) is 50.5 Å². The van der Waals surface area contributed by atoms with Gasteiger partial charge in [-0.2, -0.15) is 5.26 Å². The molecule has 0 saturated heterocycles. The second-order valence-electron chi connectivity index (χ2n) is 8.53. The minimum absolute atomic E-state index is 0.0221. The Bertz CT molecular complexity index is 1260. The van der Waals surface area contributed by atoms with Gasteiger partial charge in [0.05, 0.1) is 11.8 Å².